The van der Waals surface area contributed by atoms with Crippen molar-refractivity contribution in [2.45, 2.75) is 19.4 Å². The molecule has 1 unspecified atom stereocenters. The van der Waals surface area contributed by atoms with Crippen LogP contribution in [0, 0.1) is 0 Å². The fourth-order valence-corrected chi connectivity index (χ4v) is 1.50. The fourth-order valence-electron chi connectivity index (χ4n) is 1.50. The molecule has 1 amide bonds. The molecule has 1 aromatic rings. The van der Waals surface area contributed by atoms with E-state index in [1.807, 2.05) is 30.3 Å². The highest BCUT2D eigenvalue weighted by atomic mass is 16.2. The number of carbonyl (C=O) groups is 1. The molecule has 1 rings (SSSR count). The Labute approximate surface area is 103 Å². The number of hydrogen-bond acceptors (Lipinski definition) is 3. The van der Waals surface area contributed by atoms with E-state index in [1.54, 1.807) is 0 Å². The van der Waals surface area contributed by atoms with Crippen LogP contribution in [0.5, 0.6) is 0 Å². The second-order valence-corrected chi connectivity index (χ2v) is 3.93. The standard InChI is InChI=1S/C13H21N3O/c1-2-8-15-9-10-16-13(17)12(14)11-6-4-3-5-7-11/h3-7,12,15H,2,8-10,14H2,1H3,(H,16,17). The molecule has 0 bridgehead atoms. The summed E-state index contributed by atoms with van der Waals surface area (Å²) in [6.07, 6.45) is 1.09. The quantitative estimate of drug-likeness (QED) is 0.612. The number of carbonyl (C=O) groups excluding carboxylic acids is 1. The molecule has 0 heterocycles. The van der Waals surface area contributed by atoms with Crippen LogP contribution >= 0.6 is 0 Å². The van der Waals surface area contributed by atoms with Gasteiger partial charge in [-0.3, -0.25) is 4.79 Å². The Balaban J connectivity index is 2.28. The first-order chi connectivity index (χ1) is 8.25. The molecule has 0 spiro atoms. The zero-order chi connectivity index (χ0) is 12.5. The summed E-state index contributed by atoms with van der Waals surface area (Å²) in [5.74, 6) is -0.130. The first-order valence-electron chi connectivity index (χ1n) is 6.04. The molecule has 0 aliphatic heterocycles. The van der Waals surface area contributed by atoms with Crippen LogP contribution in [0.3, 0.4) is 0 Å². The number of nitrogens with one attached hydrogen (secondary N) is 2. The maximum absolute atomic E-state index is 11.7. The highest BCUT2D eigenvalue weighted by molar-refractivity contribution is 5.82. The molecule has 94 valence electrons. The van der Waals surface area contributed by atoms with Gasteiger partial charge in [-0.15, -0.1) is 0 Å². The molecular formula is C13H21N3O. The average Bonchev–Trinajstić information content (AvgIpc) is 2.38. The van der Waals surface area contributed by atoms with Crippen LogP contribution in [0.1, 0.15) is 24.9 Å². The van der Waals surface area contributed by atoms with Crippen molar-refractivity contribution in [2.75, 3.05) is 19.6 Å². The first-order valence-corrected chi connectivity index (χ1v) is 6.04. The van der Waals surface area contributed by atoms with E-state index < -0.39 is 6.04 Å². The largest absolute Gasteiger partial charge is 0.353 e. The number of nitrogens with two attached hydrogens (primary N) is 1. The molecule has 0 aliphatic rings. The molecule has 0 fully saturated rings. The van der Waals surface area contributed by atoms with Crippen molar-refractivity contribution in [2.24, 2.45) is 5.73 Å². The number of amides is 1. The Morgan fingerprint density at radius 2 is 1.94 bits per heavy atom. The molecular weight excluding hydrogens is 214 g/mol. The Morgan fingerprint density at radius 3 is 2.59 bits per heavy atom. The Morgan fingerprint density at radius 1 is 1.24 bits per heavy atom. The summed E-state index contributed by atoms with van der Waals surface area (Å²) in [6, 6.07) is 8.81. The minimum atomic E-state index is -0.581. The second-order valence-electron chi connectivity index (χ2n) is 3.93. The van der Waals surface area contributed by atoms with E-state index in [9.17, 15) is 4.79 Å². The van der Waals surface area contributed by atoms with Crippen LogP contribution in [-0.4, -0.2) is 25.5 Å². The van der Waals surface area contributed by atoms with Crippen molar-refractivity contribution in [3.8, 4) is 0 Å². The van der Waals surface area contributed by atoms with E-state index in [2.05, 4.69) is 17.6 Å². The van der Waals surface area contributed by atoms with Crippen LogP contribution in [0.25, 0.3) is 0 Å². The zero-order valence-electron chi connectivity index (χ0n) is 10.3. The monoisotopic (exact) mass is 235 g/mol. The summed E-state index contributed by atoms with van der Waals surface area (Å²) in [6.45, 7) is 4.47. The van der Waals surface area contributed by atoms with Gasteiger partial charge in [-0.1, -0.05) is 37.3 Å². The van der Waals surface area contributed by atoms with E-state index in [1.165, 1.54) is 0 Å². The van der Waals surface area contributed by atoms with E-state index in [0.29, 0.717) is 6.54 Å². The van der Waals surface area contributed by atoms with Crippen LogP contribution in [0.15, 0.2) is 30.3 Å². The Hall–Kier alpha value is -1.39. The maximum Gasteiger partial charge on any atom is 0.241 e. The zero-order valence-corrected chi connectivity index (χ0v) is 10.3. The lowest BCUT2D eigenvalue weighted by Crippen LogP contribution is -2.38. The minimum absolute atomic E-state index is 0.130. The normalized spacial score (nSPS) is 12.1. The van der Waals surface area contributed by atoms with Gasteiger partial charge in [-0.25, -0.2) is 0 Å². The molecule has 4 heteroatoms. The number of hydrogen-bond donors (Lipinski definition) is 3. The second kappa shape index (κ2) is 7.81. The highest BCUT2D eigenvalue weighted by Crippen LogP contribution is 2.08. The molecule has 0 radical (unpaired) electrons. The van der Waals surface area contributed by atoms with Crippen molar-refractivity contribution in [1.82, 2.24) is 10.6 Å². The number of benzene rings is 1. The summed E-state index contributed by atoms with van der Waals surface area (Å²) in [5, 5.41) is 6.03. The van der Waals surface area contributed by atoms with Crippen molar-refractivity contribution in [1.29, 1.82) is 0 Å². The summed E-state index contributed by atoms with van der Waals surface area (Å²) in [7, 11) is 0. The average molecular weight is 235 g/mol. The lowest BCUT2D eigenvalue weighted by Gasteiger charge is -2.12. The van der Waals surface area contributed by atoms with Gasteiger partial charge in [0.2, 0.25) is 5.91 Å². The third-order valence-corrected chi connectivity index (χ3v) is 2.47. The van der Waals surface area contributed by atoms with E-state index >= 15 is 0 Å². The Kier molecular flexibility index (Phi) is 6.29. The van der Waals surface area contributed by atoms with Gasteiger partial charge in [0.05, 0.1) is 0 Å². The van der Waals surface area contributed by atoms with Crippen molar-refractivity contribution in [3.63, 3.8) is 0 Å². The summed E-state index contributed by atoms with van der Waals surface area (Å²) < 4.78 is 0. The van der Waals surface area contributed by atoms with Gasteiger partial charge in [0, 0.05) is 13.1 Å². The van der Waals surface area contributed by atoms with Gasteiger partial charge < -0.3 is 16.4 Å². The SMILES string of the molecule is CCCNCCNC(=O)C(N)c1ccccc1. The van der Waals surface area contributed by atoms with Crippen LogP contribution in [-0.2, 0) is 4.79 Å². The molecule has 1 atom stereocenters. The molecule has 0 saturated heterocycles. The topological polar surface area (TPSA) is 67.1 Å². The van der Waals surface area contributed by atoms with Crippen LogP contribution in [0.2, 0.25) is 0 Å². The van der Waals surface area contributed by atoms with Crippen molar-refractivity contribution in [3.05, 3.63) is 35.9 Å². The molecule has 4 N–H and O–H groups in total. The van der Waals surface area contributed by atoms with Crippen molar-refractivity contribution >= 4 is 5.91 Å². The lowest BCUT2D eigenvalue weighted by molar-refractivity contribution is -0.122. The molecule has 0 saturated carbocycles. The summed E-state index contributed by atoms with van der Waals surface area (Å²) >= 11 is 0. The first kappa shape index (κ1) is 13.7. The number of rotatable bonds is 7. The fraction of sp³-hybridized carbons (Fsp3) is 0.462. The van der Waals surface area contributed by atoms with Crippen molar-refractivity contribution < 1.29 is 4.79 Å². The molecule has 0 aromatic heterocycles. The van der Waals surface area contributed by atoms with Crippen LogP contribution in [0.4, 0.5) is 0 Å². The van der Waals surface area contributed by atoms with Gasteiger partial charge in [0.1, 0.15) is 6.04 Å². The highest BCUT2D eigenvalue weighted by Gasteiger charge is 2.13. The van der Waals surface area contributed by atoms with Gasteiger partial charge >= 0.3 is 0 Å². The Bertz CT molecular complexity index is 327. The van der Waals surface area contributed by atoms with Gasteiger partial charge in [0.15, 0.2) is 0 Å². The predicted octanol–water partition coefficient (Wildman–Crippen LogP) is 0.802. The summed E-state index contributed by atoms with van der Waals surface area (Å²) in [5.41, 5.74) is 6.69. The lowest BCUT2D eigenvalue weighted by atomic mass is 10.1. The predicted molar refractivity (Wildman–Crippen MR) is 69.5 cm³/mol. The molecule has 1 aromatic carbocycles. The maximum atomic E-state index is 11.7. The van der Waals surface area contributed by atoms with E-state index in [0.717, 1.165) is 25.1 Å². The molecule has 4 nitrogen and oxygen atoms in total. The minimum Gasteiger partial charge on any atom is -0.353 e. The molecule has 0 aliphatic carbocycles. The van der Waals surface area contributed by atoms with E-state index in [-0.39, 0.29) is 5.91 Å². The third kappa shape index (κ3) is 4.97. The van der Waals surface area contributed by atoms with Gasteiger partial charge in [-0.2, -0.15) is 0 Å². The molecule has 17 heavy (non-hydrogen) atoms. The van der Waals surface area contributed by atoms with E-state index in [4.69, 9.17) is 5.73 Å². The smallest absolute Gasteiger partial charge is 0.241 e. The van der Waals surface area contributed by atoms with Gasteiger partial charge in [-0.05, 0) is 18.5 Å². The summed E-state index contributed by atoms with van der Waals surface area (Å²) in [4.78, 5) is 11.7. The van der Waals surface area contributed by atoms with Crippen LogP contribution < -0.4 is 16.4 Å². The van der Waals surface area contributed by atoms with Gasteiger partial charge in [0.25, 0.3) is 0 Å². The third-order valence-electron chi connectivity index (χ3n) is 2.47.